The Labute approximate surface area is 178 Å². The maximum Gasteiger partial charge on any atom is 0.195 e. The fraction of sp³-hybridized carbons (Fsp3) is 0.474. The largest absolute Gasteiger partial charge is 0.493 e. The molecule has 2 rings (SSSR count). The third kappa shape index (κ3) is 5.50. The van der Waals surface area contributed by atoms with E-state index in [1.165, 1.54) is 11.3 Å². The van der Waals surface area contributed by atoms with E-state index < -0.39 is 0 Å². The summed E-state index contributed by atoms with van der Waals surface area (Å²) in [6.07, 6.45) is 1.86. The van der Waals surface area contributed by atoms with Gasteiger partial charge in [-0.05, 0) is 25.0 Å². The molecule has 0 amide bonds. The lowest BCUT2D eigenvalue weighted by Crippen LogP contribution is -2.30. The van der Waals surface area contributed by atoms with Crippen LogP contribution in [-0.2, 0) is 26.4 Å². The van der Waals surface area contributed by atoms with Crippen molar-refractivity contribution in [3.63, 3.8) is 0 Å². The van der Waals surface area contributed by atoms with Crippen LogP contribution >= 0.6 is 24.0 Å². The Morgan fingerprint density at radius 2 is 1.85 bits per heavy atom. The number of benzene rings is 1. The summed E-state index contributed by atoms with van der Waals surface area (Å²) in [4.78, 5) is 4.31. The second-order valence-corrected chi connectivity index (χ2v) is 5.82. The number of ether oxygens (including phenoxy) is 2. The molecule has 0 aliphatic carbocycles. The van der Waals surface area contributed by atoms with E-state index in [2.05, 4.69) is 34.6 Å². The highest BCUT2D eigenvalue weighted by atomic mass is 127. The molecule has 2 aromatic rings. The van der Waals surface area contributed by atoms with Gasteiger partial charge in [0, 0.05) is 43.7 Å². The monoisotopic (exact) mass is 487 g/mol. The van der Waals surface area contributed by atoms with Gasteiger partial charge >= 0.3 is 0 Å². The molecule has 0 saturated heterocycles. The normalized spacial score (nSPS) is 11.0. The lowest BCUT2D eigenvalue weighted by molar-refractivity contribution is 0.355. The molecule has 0 radical (unpaired) electrons. The van der Waals surface area contributed by atoms with Crippen LogP contribution < -0.4 is 20.1 Å². The van der Waals surface area contributed by atoms with Crippen LogP contribution in [0.4, 0.5) is 5.69 Å². The minimum atomic E-state index is 0. The molecule has 0 spiro atoms. The molecule has 0 atom stereocenters. The molecule has 0 saturated carbocycles. The Kier molecular flexibility index (Phi) is 9.40. The van der Waals surface area contributed by atoms with Crippen molar-refractivity contribution < 1.29 is 9.47 Å². The number of aryl methyl sites for hydroxylation is 2. The molecule has 0 aliphatic rings. The zero-order valence-corrected chi connectivity index (χ0v) is 19.3. The van der Waals surface area contributed by atoms with Crippen molar-refractivity contribution in [3.05, 3.63) is 35.2 Å². The average molecular weight is 487 g/mol. The van der Waals surface area contributed by atoms with Gasteiger partial charge in [-0.2, -0.15) is 5.10 Å². The van der Waals surface area contributed by atoms with Crippen LogP contribution in [0.5, 0.6) is 11.5 Å². The van der Waals surface area contributed by atoms with Crippen molar-refractivity contribution in [2.24, 2.45) is 12.0 Å². The number of halogens is 1. The molecule has 7 nitrogen and oxygen atoms in total. The topological polar surface area (TPSA) is 72.7 Å². The number of anilines is 1. The third-order valence-electron chi connectivity index (χ3n) is 4.33. The van der Waals surface area contributed by atoms with E-state index >= 15 is 0 Å². The molecule has 0 aliphatic heterocycles. The molecule has 1 heterocycles. The van der Waals surface area contributed by atoms with Gasteiger partial charge in [0.25, 0.3) is 0 Å². The van der Waals surface area contributed by atoms with Crippen LogP contribution in [0.25, 0.3) is 0 Å². The lowest BCUT2D eigenvalue weighted by Gasteiger charge is -2.14. The van der Waals surface area contributed by atoms with Crippen molar-refractivity contribution in [1.29, 1.82) is 0 Å². The highest BCUT2D eigenvalue weighted by Gasteiger charge is 2.14. The number of nitrogens with one attached hydrogen (secondary N) is 2. The Morgan fingerprint density at radius 1 is 1.15 bits per heavy atom. The van der Waals surface area contributed by atoms with Gasteiger partial charge in [0.1, 0.15) is 0 Å². The molecule has 0 bridgehead atoms. The van der Waals surface area contributed by atoms with Crippen LogP contribution in [0.2, 0.25) is 0 Å². The fourth-order valence-electron chi connectivity index (χ4n) is 3.00. The van der Waals surface area contributed by atoms with E-state index in [0.29, 0.717) is 24.0 Å². The zero-order chi connectivity index (χ0) is 19.1. The van der Waals surface area contributed by atoms with Gasteiger partial charge in [-0.1, -0.05) is 13.8 Å². The number of guanidine groups is 1. The summed E-state index contributed by atoms with van der Waals surface area (Å²) in [7, 11) is 6.99. The molecule has 0 unspecified atom stereocenters. The van der Waals surface area contributed by atoms with Gasteiger partial charge in [-0.25, -0.2) is 0 Å². The van der Waals surface area contributed by atoms with Gasteiger partial charge < -0.3 is 20.1 Å². The third-order valence-corrected chi connectivity index (χ3v) is 4.33. The fourth-order valence-corrected chi connectivity index (χ4v) is 3.00. The second kappa shape index (κ2) is 11.0. The quantitative estimate of drug-likeness (QED) is 0.356. The summed E-state index contributed by atoms with van der Waals surface area (Å²) in [5.74, 6) is 2.04. The van der Waals surface area contributed by atoms with Gasteiger partial charge in [0.15, 0.2) is 17.5 Å². The molecular weight excluding hydrogens is 457 g/mol. The maximum atomic E-state index is 5.35. The number of aromatic nitrogens is 2. The van der Waals surface area contributed by atoms with Crippen LogP contribution in [0.15, 0.2) is 23.2 Å². The summed E-state index contributed by atoms with van der Waals surface area (Å²) in [5, 5.41) is 11.3. The molecule has 8 heteroatoms. The van der Waals surface area contributed by atoms with Crippen molar-refractivity contribution >= 4 is 35.6 Å². The standard InChI is InChI=1S/C19H29N5O2.HI/c1-7-15-14(16(8-2)24(4)23-15)12-21-19(20-3)22-13-9-10-17(25-5)18(11-13)26-6;/h9-11H,7-8,12H2,1-6H3,(H2,20,21,22);1H. The van der Waals surface area contributed by atoms with E-state index in [-0.39, 0.29) is 24.0 Å². The second-order valence-electron chi connectivity index (χ2n) is 5.82. The number of methoxy groups -OCH3 is 2. The Balaban J connectivity index is 0.00000364. The smallest absolute Gasteiger partial charge is 0.195 e. The molecule has 27 heavy (non-hydrogen) atoms. The van der Waals surface area contributed by atoms with Crippen molar-refractivity contribution in [2.75, 3.05) is 26.6 Å². The van der Waals surface area contributed by atoms with E-state index in [1.807, 2.05) is 29.9 Å². The number of aliphatic imine (C=N–C) groups is 1. The van der Waals surface area contributed by atoms with Gasteiger partial charge in [-0.3, -0.25) is 9.67 Å². The first-order chi connectivity index (χ1) is 12.6. The molecular formula is C19H30IN5O2. The lowest BCUT2D eigenvalue weighted by atomic mass is 10.1. The van der Waals surface area contributed by atoms with E-state index in [4.69, 9.17) is 9.47 Å². The number of hydrogen-bond donors (Lipinski definition) is 2. The van der Waals surface area contributed by atoms with E-state index in [1.54, 1.807) is 21.3 Å². The molecule has 1 aromatic heterocycles. The predicted octanol–water partition coefficient (Wildman–Crippen LogP) is 3.37. The zero-order valence-electron chi connectivity index (χ0n) is 16.9. The van der Waals surface area contributed by atoms with Gasteiger partial charge in [0.2, 0.25) is 0 Å². The van der Waals surface area contributed by atoms with Crippen LogP contribution in [0, 0.1) is 0 Å². The van der Waals surface area contributed by atoms with Gasteiger partial charge in [0.05, 0.1) is 19.9 Å². The predicted molar refractivity (Wildman–Crippen MR) is 121 cm³/mol. The Bertz CT molecular complexity index is 774. The van der Waals surface area contributed by atoms with Crippen molar-refractivity contribution in [1.82, 2.24) is 15.1 Å². The molecule has 150 valence electrons. The van der Waals surface area contributed by atoms with E-state index in [0.717, 1.165) is 24.2 Å². The van der Waals surface area contributed by atoms with Crippen molar-refractivity contribution in [3.8, 4) is 11.5 Å². The summed E-state index contributed by atoms with van der Waals surface area (Å²) < 4.78 is 12.6. The Hall–Kier alpha value is -1.97. The Morgan fingerprint density at radius 3 is 2.41 bits per heavy atom. The number of hydrogen-bond acceptors (Lipinski definition) is 4. The molecule has 2 N–H and O–H groups in total. The minimum absolute atomic E-state index is 0. The molecule has 0 fully saturated rings. The van der Waals surface area contributed by atoms with Crippen molar-refractivity contribution in [2.45, 2.75) is 33.2 Å². The number of nitrogens with zero attached hydrogens (tertiary/aromatic N) is 3. The van der Waals surface area contributed by atoms with E-state index in [9.17, 15) is 0 Å². The van der Waals surface area contributed by atoms with Crippen LogP contribution in [0.1, 0.15) is 30.8 Å². The average Bonchev–Trinajstić information content (AvgIpc) is 2.99. The SMILES string of the molecule is CCc1nn(C)c(CC)c1CNC(=NC)Nc1ccc(OC)c(OC)c1.I. The van der Waals surface area contributed by atoms with Crippen LogP contribution in [0.3, 0.4) is 0 Å². The summed E-state index contributed by atoms with van der Waals surface area (Å²) in [5.41, 5.74) is 4.48. The maximum absolute atomic E-state index is 5.35. The van der Waals surface area contributed by atoms with Gasteiger partial charge in [-0.15, -0.1) is 24.0 Å². The summed E-state index contributed by atoms with van der Waals surface area (Å²) in [6, 6.07) is 5.66. The number of rotatable bonds is 7. The summed E-state index contributed by atoms with van der Waals surface area (Å²) in [6.45, 7) is 4.95. The first-order valence-corrected chi connectivity index (χ1v) is 8.81. The first kappa shape index (κ1) is 23.1. The summed E-state index contributed by atoms with van der Waals surface area (Å²) >= 11 is 0. The molecule has 1 aromatic carbocycles. The highest BCUT2D eigenvalue weighted by molar-refractivity contribution is 14.0. The first-order valence-electron chi connectivity index (χ1n) is 8.81. The minimum Gasteiger partial charge on any atom is -0.493 e. The highest BCUT2D eigenvalue weighted by Crippen LogP contribution is 2.29. The van der Waals surface area contributed by atoms with Crippen LogP contribution in [-0.4, -0.2) is 37.0 Å².